The molecule has 20 heavy (non-hydrogen) atoms. The summed E-state index contributed by atoms with van der Waals surface area (Å²) in [6.45, 7) is 0.323. The fourth-order valence-electron chi connectivity index (χ4n) is 1.76. The third-order valence-corrected chi connectivity index (χ3v) is 3.62. The molecule has 2 rings (SSSR count). The van der Waals surface area contributed by atoms with Gasteiger partial charge < -0.3 is 9.47 Å². The lowest BCUT2D eigenvalue weighted by atomic mass is 10.2. The number of methoxy groups -OCH3 is 1. The second-order valence-corrected chi connectivity index (χ2v) is 5.25. The van der Waals surface area contributed by atoms with Crippen molar-refractivity contribution < 1.29 is 9.47 Å². The van der Waals surface area contributed by atoms with Crippen molar-refractivity contribution in [2.75, 3.05) is 7.11 Å². The highest BCUT2D eigenvalue weighted by Crippen LogP contribution is 2.29. The van der Waals surface area contributed by atoms with Crippen LogP contribution in [0.5, 0.6) is 11.5 Å². The molecular formula is C15H13Cl3O2. The van der Waals surface area contributed by atoms with E-state index in [1.165, 1.54) is 0 Å². The first-order chi connectivity index (χ1) is 9.63. The molecule has 0 unspecified atom stereocenters. The van der Waals surface area contributed by atoms with Gasteiger partial charge >= 0.3 is 0 Å². The summed E-state index contributed by atoms with van der Waals surface area (Å²) in [5.74, 6) is 1.74. The molecule has 2 aromatic rings. The van der Waals surface area contributed by atoms with Crippen molar-refractivity contribution in [2.24, 2.45) is 0 Å². The number of alkyl halides is 1. The Bertz CT molecular complexity index is 600. The van der Waals surface area contributed by atoms with Crippen LogP contribution in [0.1, 0.15) is 11.1 Å². The summed E-state index contributed by atoms with van der Waals surface area (Å²) in [5.41, 5.74) is 1.81. The van der Waals surface area contributed by atoms with Crippen LogP contribution < -0.4 is 9.47 Å². The molecule has 0 aliphatic carbocycles. The van der Waals surface area contributed by atoms with Crippen LogP contribution in [0, 0.1) is 0 Å². The molecule has 0 aliphatic rings. The van der Waals surface area contributed by atoms with Crippen molar-refractivity contribution >= 4 is 34.8 Å². The number of hydrogen-bond acceptors (Lipinski definition) is 2. The Hall–Kier alpha value is -1.09. The second kappa shape index (κ2) is 7.07. The number of ether oxygens (including phenoxy) is 2. The van der Waals surface area contributed by atoms with Gasteiger partial charge in [0.1, 0.15) is 18.1 Å². The van der Waals surface area contributed by atoms with Gasteiger partial charge in [0.2, 0.25) is 0 Å². The lowest BCUT2D eigenvalue weighted by Crippen LogP contribution is -1.99. The molecule has 0 radical (unpaired) electrons. The second-order valence-electron chi connectivity index (χ2n) is 4.14. The van der Waals surface area contributed by atoms with E-state index in [1.807, 2.05) is 6.07 Å². The summed E-state index contributed by atoms with van der Waals surface area (Å²) in [7, 11) is 1.61. The highest BCUT2D eigenvalue weighted by atomic mass is 35.5. The normalized spacial score (nSPS) is 10.4. The Labute approximate surface area is 133 Å². The summed E-state index contributed by atoms with van der Waals surface area (Å²) in [6.07, 6.45) is 0. The Morgan fingerprint density at radius 2 is 1.75 bits per heavy atom. The summed E-state index contributed by atoms with van der Waals surface area (Å²) >= 11 is 17.9. The Balaban J connectivity index is 2.14. The van der Waals surface area contributed by atoms with Crippen LogP contribution in [0.4, 0.5) is 0 Å². The SMILES string of the molecule is COc1ccc(Cl)cc1COc1ccc(CCl)cc1Cl. The lowest BCUT2D eigenvalue weighted by molar-refractivity contribution is 0.297. The minimum atomic E-state index is 0.323. The van der Waals surface area contributed by atoms with Gasteiger partial charge in [0.15, 0.2) is 0 Å². The summed E-state index contributed by atoms with van der Waals surface area (Å²) in [5, 5.41) is 1.16. The first-order valence-electron chi connectivity index (χ1n) is 5.93. The number of halogens is 3. The minimum Gasteiger partial charge on any atom is -0.496 e. The molecule has 106 valence electrons. The fourth-order valence-corrected chi connectivity index (χ4v) is 2.38. The predicted molar refractivity (Wildman–Crippen MR) is 83.3 cm³/mol. The van der Waals surface area contributed by atoms with Crippen LogP contribution in [0.2, 0.25) is 10.0 Å². The zero-order valence-corrected chi connectivity index (χ0v) is 13.1. The van der Waals surface area contributed by atoms with Gasteiger partial charge in [-0.2, -0.15) is 0 Å². The summed E-state index contributed by atoms with van der Waals surface area (Å²) in [4.78, 5) is 0. The van der Waals surface area contributed by atoms with Gasteiger partial charge in [-0.25, -0.2) is 0 Å². The summed E-state index contributed by atoms with van der Waals surface area (Å²) < 4.78 is 11.0. The van der Waals surface area contributed by atoms with Crippen LogP contribution in [0.3, 0.4) is 0 Å². The minimum absolute atomic E-state index is 0.323. The van der Waals surface area contributed by atoms with E-state index in [2.05, 4.69) is 0 Å². The maximum absolute atomic E-state index is 6.14. The van der Waals surface area contributed by atoms with E-state index in [9.17, 15) is 0 Å². The molecule has 5 heteroatoms. The van der Waals surface area contributed by atoms with E-state index in [1.54, 1.807) is 37.4 Å². The Morgan fingerprint density at radius 3 is 2.40 bits per heavy atom. The topological polar surface area (TPSA) is 18.5 Å². The Kier molecular flexibility index (Phi) is 5.41. The molecule has 0 atom stereocenters. The van der Waals surface area contributed by atoms with Crippen LogP contribution in [-0.4, -0.2) is 7.11 Å². The quantitative estimate of drug-likeness (QED) is 0.690. The van der Waals surface area contributed by atoms with Gasteiger partial charge in [-0.05, 0) is 35.9 Å². The van der Waals surface area contributed by atoms with E-state index in [4.69, 9.17) is 44.3 Å². The van der Waals surface area contributed by atoms with E-state index < -0.39 is 0 Å². The van der Waals surface area contributed by atoms with Crippen LogP contribution in [0.25, 0.3) is 0 Å². The molecule has 0 amide bonds. The maximum atomic E-state index is 6.14. The molecule has 0 bridgehead atoms. The van der Waals surface area contributed by atoms with E-state index in [-0.39, 0.29) is 0 Å². The van der Waals surface area contributed by atoms with Gasteiger partial charge in [-0.3, -0.25) is 0 Å². The van der Waals surface area contributed by atoms with Gasteiger partial charge in [-0.1, -0.05) is 29.3 Å². The standard InChI is InChI=1S/C15H13Cl3O2/c1-19-14-5-3-12(17)7-11(14)9-20-15-4-2-10(8-16)6-13(15)18/h2-7H,8-9H2,1H3. The van der Waals surface area contributed by atoms with Gasteiger partial charge in [0, 0.05) is 16.5 Å². The first kappa shape index (κ1) is 15.3. The molecule has 0 N–H and O–H groups in total. The fraction of sp³-hybridized carbons (Fsp3) is 0.200. The highest BCUT2D eigenvalue weighted by molar-refractivity contribution is 6.32. The maximum Gasteiger partial charge on any atom is 0.138 e. The molecular weight excluding hydrogens is 319 g/mol. The van der Waals surface area contributed by atoms with E-state index in [0.29, 0.717) is 28.3 Å². The average molecular weight is 332 g/mol. The van der Waals surface area contributed by atoms with E-state index >= 15 is 0 Å². The van der Waals surface area contributed by atoms with Crippen LogP contribution in [-0.2, 0) is 12.5 Å². The largest absolute Gasteiger partial charge is 0.496 e. The number of hydrogen-bond donors (Lipinski definition) is 0. The summed E-state index contributed by atoms with van der Waals surface area (Å²) in [6, 6.07) is 10.9. The number of benzene rings is 2. The molecule has 0 aliphatic heterocycles. The average Bonchev–Trinajstić information content (AvgIpc) is 2.46. The first-order valence-corrected chi connectivity index (χ1v) is 7.22. The molecule has 2 nitrogen and oxygen atoms in total. The lowest BCUT2D eigenvalue weighted by Gasteiger charge is -2.12. The van der Waals surface area contributed by atoms with Crippen molar-refractivity contribution in [3.63, 3.8) is 0 Å². The molecule has 0 heterocycles. The number of rotatable bonds is 5. The highest BCUT2D eigenvalue weighted by Gasteiger charge is 2.07. The van der Waals surface area contributed by atoms with Crippen LogP contribution in [0.15, 0.2) is 36.4 Å². The monoisotopic (exact) mass is 330 g/mol. The zero-order chi connectivity index (χ0) is 14.5. The molecule has 2 aromatic carbocycles. The van der Waals surface area contributed by atoms with Crippen molar-refractivity contribution in [3.8, 4) is 11.5 Å². The van der Waals surface area contributed by atoms with Crippen LogP contribution >= 0.6 is 34.8 Å². The molecule has 0 spiro atoms. The molecule has 0 fully saturated rings. The Morgan fingerprint density at radius 1 is 1.00 bits per heavy atom. The van der Waals surface area contributed by atoms with Crippen molar-refractivity contribution in [1.82, 2.24) is 0 Å². The predicted octanol–water partition coefficient (Wildman–Crippen LogP) is 5.32. The van der Waals surface area contributed by atoms with Crippen molar-refractivity contribution in [1.29, 1.82) is 0 Å². The van der Waals surface area contributed by atoms with Gasteiger partial charge in [0.25, 0.3) is 0 Å². The van der Waals surface area contributed by atoms with Gasteiger partial charge in [0.05, 0.1) is 12.1 Å². The van der Waals surface area contributed by atoms with Crippen molar-refractivity contribution in [2.45, 2.75) is 12.5 Å². The van der Waals surface area contributed by atoms with E-state index in [0.717, 1.165) is 16.9 Å². The van der Waals surface area contributed by atoms with Crippen molar-refractivity contribution in [3.05, 3.63) is 57.6 Å². The molecule has 0 saturated heterocycles. The molecule has 0 aromatic heterocycles. The third kappa shape index (κ3) is 3.72. The smallest absolute Gasteiger partial charge is 0.138 e. The van der Waals surface area contributed by atoms with Gasteiger partial charge in [-0.15, -0.1) is 11.6 Å². The molecule has 0 saturated carbocycles. The third-order valence-electron chi connectivity index (χ3n) is 2.78. The zero-order valence-electron chi connectivity index (χ0n) is 10.8.